The van der Waals surface area contributed by atoms with Gasteiger partial charge in [0.05, 0.1) is 6.04 Å². The summed E-state index contributed by atoms with van der Waals surface area (Å²) in [5.74, 6) is -1.08. The lowest BCUT2D eigenvalue weighted by atomic mass is 10.1. The minimum atomic E-state index is -1.08. The number of aliphatic carboxylic acids is 1. The zero-order valence-corrected chi connectivity index (χ0v) is 6.64. The molecule has 0 bridgehead atoms. The smallest absolute Gasteiger partial charge is 0.334 e. The van der Waals surface area contributed by atoms with Crippen molar-refractivity contribution in [3.05, 3.63) is 12.2 Å². The lowest BCUT2D eigenvalue weighted by Gasteiger charge is -2.26. The first-order valence-corrected chi connectivity index (χ1v) is 3.50. The standard InChI is InChI=1S/C7H11NO4/c1-11-5-3-2-4(8)6(12-5)7(9)10/h2-6H,8H2,1H3,(H,9,10)/t4-,5-,6+/m0/s1. The fourth-order valence-corrected chi connectivity index (χ4v) is 0.957. The largest absolute Gasteiger partial charge is 0.479 e. The lowest BCUT2D eigenvalue weighted by Crippen LogP contribution is -2.46. The summed E-state index contributed by atoms with van der Waals surface area (Å²) in [6.45, 7) is 0. The van der Waals surface area contributed by atoms with Crippen molar-refractivity contribution >= 4 is 5.97 Å². The van der Waals surface area contributed by atoms with Crippen molar-refractivity contribution in [2.75, 3.05) is 7.11 Å². The van der Waals surface area contributed by atoms with Gasteiger partial charge in [-0.2, -0.15) is 0 Å². The van der Waals surface area contributed by atoms with Crippen LogP contribution in [-0.2, 0) is 14.3 Å². The molecule has 0 radical (unpaired) electrons. The molecule has 1 aliphatic rings. The van der Waals surface area contributed by atoms with Crippen molar-refractivity contribution in [2.45, 2.75) is 18.4 Å². The Balaban J connectivity index is 2.66. The molecule has 1 aliphatic heterocycles. The zero-order valence-electron chi connectivity index (χ0n) is 6.64. The second-order valence-electron chi connectivity index (χ2n) is 2.46. The molecule has 5 heteroatoms. The first kappa shape index (κ1) is 9.18. The molecular weight excluding hydrogens is 162 g/mol. The average molecular weight is 173 g/mol. The zero-order chi connectivity index (χ0) is 9.14. The Hall–Kier alpha value is -0.910. The van der Waals surface area contributed by atoms with Gasteiger partial charge in [0.1, 0.15) is 0 Å². The van der Waals surface area contributed by atoms with Crippen LogP contribution in [-0.4, -0.2) is 36.6 Å². The number of nitrogens with two attached hydrogens (primary N) is 1. The summed E-state index contributed by atoms with van der Waals surface area (Å²) < 4.78 is 9.77. The molecule has 0 saturated heterocycles. The molecule has 0 unspecified atom stereocenters. The molecular formula is C7H11NO4. The van der Waals surface area contributed by atoms with Gasteiger partial charge in [-0.3, -0.25) is 0 Å². The topological polar surface area (TPSA) is 81.8 Å². The summed E-state index contributed by atoms with van der Waals surface area (Å²) in [6.07, 6.45) is 1.53. The van der Waals surface area contributed by atoms with Gasteiger partial charge in [-0.15, -0.1) is 0 Å². The van der Waals surface area contributed by atoms with Gasteiger partial charge >= 0.3 is 5.97 Å². The highest BCUT2D eigenvalue weighted by Gasteiger charge is 2.30. The fourth-order valence-electron chi connectivity index (χ4n) is 0.957. The number of methoxy groups -OCH3 is 1. The number of carboxylic acid groups (broad SMARTS) is 1. The predicted octanol–water partition coefficient (Wildman–Crippen LogP) is -0.674. The van der Waals surface area contributed by atoms with Crippen LogP contribution in [0.2, 0.25) is 0 Å². The molecule has 0 aromatic carbocycles. The Morgan fingerprint density at radius 1 is 1.67 bits per heavy atom. The van der Waals surface area contributed by atoms with Gasteiger partial charge in [0, 0.05) is 7.11 Å². The Labute approximate surface area is 69.8 Å². The second-order valence-corrected chi connectivity index (χ2v) is 2.46. The van der Waals surface area contributed by atoms with Crippen LogP contribution < -0.4 is 5.73 Å². The molecule has 68 valence electrons. The van der Waals surface area contributed by atoms with Crippen LogP contribution in [0.4, 0.5) is 0 Å². The number of carboxylic acids is 1. The van der Waals surface area contributed by atoms with Crippen LogP contribution in [0.3, 0.4) is 0 Å². The predicted molar refractivity (Wildman–Crippen MR) is 40.4 cm³/mol. The molecule has 0 saturated carbocycles. The summed E-state index contributed by atoms with van der Waals surface area (Å²) in [7, 11) is 1.44. The van der Waals surface area contributed by atoms with Crippen LogP contribution in [0.15, 0.2) is 12.2 Å². The van der Waals surface area contributed by atoms with Crippen molar-refractivity contribution in [3.63, 3.8) is 0 Å². The summed E-state index contributed by atoms with van der Waals surface area (Å²) >= 11 is 0. The number of hydrogen-bond acceptors (Lipinski definition) is 4. The van der Waals surface area contributed by atoms with Gasteiger partial charge in [0.15, 0.2) is 12.4 Å². The molecule has 12 heavy (non-hydrogen) atoms. The number of hydrogen-bond donors (Lipinski definition) is 2. The van der Waals surface area contributed by atoms with E-state index in [-0.39, 0.29) is 0 Å². The Kier molecular flexibility index (Phi) is 2.80. The summed E-state index contributed by atoms with van der Waals surface area (Å²) in [6, 6.07) is -0.603. The van der Waals surface area contributed by atoms with Gasteiger partial charge in [-0.1, -0.05) is 6.08 Å². The van der Waals surface area contributed by atoms with Crippen LogP contribution in [0.1, 0.15) is 0 Å². The van der Waals surface area contributed by atoms with Crippen LogP contribution >= 0.6 is 0 Å². The van der Waals surface area contributed by atoms with E-state index in [1.807, 2.05) is 0 Å². The Morgan fingerprint density at radius 2 is 2.33 bits per heavy atom. The summed E-state index contributed by atoms with van der Waals surface area (Å²) in [5, 5.41) is 8.63. The molecule has 3 N–H and O–H groups in total. The quantitative estimate of drug-likeness (QED) is 0.541. The van der Waals surface area contributed by atoms with Crippen molar-refractivity contribution in [2.24, 2.45) is 5.73 Å². The maximum atomic E-state index is 10.5. The van der Waals surface area contributed by atoms with E-state index < -0.39 is 24.4 Å². The Morgan fingerprint density at radius 3 is 2.83 bits per heavy atom. The monoisotopic (exact) mass is 173 g/mol. The number of carbonyl (C=O) groups is 1. The van der Waals surface area contributed by atoms with E-state index in [1.54, 1.807) is 12.2 Å². The third-order valence-electron chi connectivity index (χ3n) is 1.60. The Bertz CT molecular complexity index is 204. The molecule has 0 aromatic heterocycles. The first-order valence-electron chi connectivity index (χ1n) is 3.50. The third kappa shape index (κ3) is 1.82. The molecule has 0 fully saturated rings. The van der Waals surface area contributed by atoms with Gasteiger partial charge in [-0.25, -0.2) is 4.79 Å². The SMILES string of the molecule is CO[C@@H]1C=C[C@H](N)[C@H](C(=O)O)O1. The molecule has 1 heterocycles. The van der Waals surface area contributed by atoms with E-state index in [9.17, 15) is 4.79 Å². The maximum absolute atomic E-state index is 10.5. The molecule has 0 amide bonds. The second kappa shape index (κ2) is 3.66. The first-order chi connectivity index (χ1) is 5.65. The van der Waals surface area contributed by atoms with Crippen molar-refractivity contribution in [1.29, 1.82) is 0 Å². The maximum Gasteiger partial charge on any atom is 0.334 e. The molecule has 0 spiro atoms. The van der Waals surface area contributed by atoms with Gasteiger partial charge in [0.2, 0.25) is 0 Å². The number of rotatable bonds is 2. The van der Waals surface area contributed by atoms with Crippen molar-refractivity contribution in [1.82, 2.24) is 0 Å². The van der Waals surface area contributed by atoms with E-state index in [0.717, 1.165) is 0 Å². The minimum Gasteiger partial charge on any atom is -0.479 e. The van der Waals surface area contributed by atoms with E-state index in [1.165, 1.54) is 7.11 Å². The van der Waals surface area contributed by atoms with E-state index in [4.69, 9.17) is 20.3 Å². The van der Waals surface area contributed by atoms with Gasteiger partial charge < -0.3 is 20.3 Å². The highest BCUT2D eigenvalue weighted by atomic mass is 16.7. The summed E-state index contributed by atoms with van der Waals surface area (Å²) in [5.41, 5.74) is 5.45. The van der Waals surface area contributed by atoms with E-state index >= 15 is 0 Å². The molecule has 3 atom stereocenters. The summed E-state index contributed by atoms with van der Waals surface area (Å²) in [4.78, 5) is 10.5. The molecule has 0 aromatic rings. The highest BCUT2D eigenvalue weighted by Crippen LogP contribution is 2.11. The van der Waals surface area contributed by atoms with Crippen LogP contribution in [0.5, 0.6) is 0 Å². The van der Waals surface area contributed by atoms with E-state index in [0.29, 0.717) is 0 Å². The lowest BCUT2D eigenvalue weighted by molar-refractivity contribution is -0.174. The van der Waals surface area contributed by atoms with Crippen molar-refractivity contribution in [3.8, 4) is 0 Å². The van der Waals surface area contributed by atoms with E-state index in [2.05, 4.69) is 0 Å². The third-order valence-corrected chi connectivity index (χ3v) is 1.60. The fraction of sp³-hybridized carbons (Fsp3) is 0.571. The molecule has 0 aliphatic carbocycles. The molecule has 1 rings (SSSR count). The highest BCUT2D eigenvalue weighted by molar-refractivity contribution is 5.74. The number of ether oxygens (including phenoxy) is 2. The molecule has 5 nitrogen and oxygen atoms in total. The van der Waals surface area contributed by atoms with Crippen LogP contribution in [0.25, 0.3) is 0 Å². The van der Waals surface area contributed by atoms with Gasteiger partial charge in [0.25, 0.3) is 0 Å². The minimum absolute atomic E-state index is 0.603. The van der Waals surface area contributed by atoms with Crippen LogP contribution in [0, 0.1) is 0 Å². The average Bonchev–Trinajstić information content (AvgIpc) is 2.05. The van der Waals surface area contributed by atoms with Crippen molar-refractivity contribution < 1.29 is 19.4 Å². The van der Waals surface area contributed by atoms with Gasteiger partial charge in [-0.05, 0) is 6.08 Å². The normalized spacial score (nSPS) is 35.0.